The number of alkyl halides is 3. The number of hydrogen-bond acceptors (Lipinski definition) is 5. The summed E-state index contributed by atoms with van der Waals surface area (Å²) in [6, 6.07) is 6.13. The largest absolute Gasteiger partial charge is 0.573 e. The van der Waals surface area contributed by atoms with Gasteiger partial charge in [-0.2, -0.15) is 0 Å². The Morgan fingerprint density at radius 2 is 1.84 bits per heavy atom. The fraction of sp³-hybridized carbons (Fsp3) is 0.500. The quantitative estimate of drug-likeness (QED) is 0.678. The van der Waals surface area contributed by atoms with E-state index in [0.29, 0.717) is 31.5 Å². The number of fused-ring (bicyclic) bond motifs is 1. The first kappa shape index (κ1) is 21.4. The number of aromatic nitrogens is 2. The normalized spacial score (nSPS) is 21.0. The van der Waals surface area contributed by atoms with Crippen molar-refractivity contribution in [3.63, 3.8) is 0 Å². The zero-order valence-corrected chi connectivity index (χ0v) is 17.5. The number of halogens is 3. The molecule has 2 aromatic rings. The van der Waals surface area contributed by atoms with E-state index in [4.69, 9.17) is 4.98 Å². The number of nitrogens with zero attached hydrogens (tertiary/aromatic N) is 4. The van der Waals surface area contributed by atoms with Crippen LogP contribution < -0.4 is 14.5 Å². The van der Waals surface area contributed by atoms with Crippen LogP contribution in [0.15, 0.2) is 30.5 Å². The lowest BCUT2D eigenvalue weighted by atomic mass is 9.70. The molecule has 0 spiro atoms. The number of rotatable bonds is 6. The third-order valence-corrected chi connectivity index (χ3v) is 6.01. The minimum absolute atomic E-state index is 0.0571. The minimum Gasteiger partial charge on any atom is -0.406 e. The highest BCUT2D eigenvalue weighted by Gasteiger charge is 2.34. The van der Waals surface area contributed by atoms with Crippen molar-refractivity contribution in [1.29, 1.82) is 0 Å². The highest BCUT2D eigenvalue weighted by Crippen LogP contribution is 2.43. The Balaban J connectivity index is 1.38. The van der Waals surface area contributed by atoms with Crippen LogP contribution >= 0.6 is 0 Å². The van der Waals surface area contributed by atoms with Gasteiger partial charge in [0.15, 0.2) is 5.82 Å². The van der Waals surface area contributed by atoms with Gasteiger partial charge in [-0.3, -0.25) is 4.79 Å². The first-order valence-electron chi connectivity index (χ1n) is 10.5. The summed E-state index contributed by atoms with van der Waals surface area (Å²) in [6.07, 6.45) is -0.298. The summed E-state index contributed by atoms with van der Waals surface area (Å²) in [5, 5.41) is 0. The predicted octanol–water partition coefficient (Wildman–Crippen LogP) is 4.30. The lowest BCUT2D eigenvalue weighted by Gasteiger charge is -2.37. The SMILES string of the molecule is CCN1CC(=O)N(CC)c2cnc(CC3CC(c4ccc(OC(F)(F)F)cc4)C3)nc21. The van der Waals surface area contributed by atoms with E-state index < -0.39 is 6.36 Å². The Labute approximate surface area is 179 Å². The van der Waals surface area contributed by atoms with Crippen molar-refractivity contribution < 1.29 is 22.7 Å². The zero-order chi connectivity index (χ0) is 22.2. The lowest BCUT2D eigenvalue weighted by molar-refractivity contribution is -0.274. The van der Waals surface area contributed by atoms with Crippen LogP contribution in [-0.4, -0.2) is 41.9 Å². The Hall–Kier alpha value is -2.84. The molecule has 1 amide bonds. The summed E-state index contributed by atoms with van der Waals surface area (Å²) < 4.78 is 40.8. The monoisotopic (exact) mass is 434 g/mol. The van der Waals surface area contributed by atoms with Gasteiger partial charge in [0.1, 0.15) is 17.3 Å². The van der Waals surface area contributed by atoms with E-state index in [0.717, 1.165) is 42.2 Å². The standard InChI is InChI=1S/C22H25F3N4O2/c1-3-28-13-20(30)29(4-2)18-12-26-19(27-21(18)28)11-14-9-16(10-14)15-5-7-17(8-6-15)31-22(23,24)25/h5-8,12,14,16H,3-4,9-11,13H2,1-2H3. The molecule has 0 unspecified atom stereocenters. The third-order valence-electron chi connectivity index (χ3n) is 6.01. The van der Waals surface area contributed by atoms with Crippen LogP contribution in [0.4, 0.5) is 24.7 Å². The zero-order valence-electron chi connectivity index (χ0n) is 17.5. The summed E-state index contributed by atoms with van der Waals surface area (Å²) in [5.74, 6) is 2.18. The van der Waals surface area contributed by atoms with Gasteiger partial charge in [0.05, 0.1) is 12.7 Å². The van der Waals surface area contributed by atoms with Crippen molar-refractivity contribution in [3.05, 3.63) is 41.9 Å². The van der Waals surface area contributed by atoms with Crippen LogP contribution in [0.3, 0.4) is 0 Å². The molecular formula is C22H25F3N4O2. The van der Waals surface area contributed by atoms with E-state index in [1.54, 1.807) is 23.2 Å². The van der Waals surface area contributed by atoms with E-state index in [9.17, 15) is 18.0 Å². The average molecular weight is 434 g/mol. The van der Waals surface area contributed by atoms with E-state index in [2.05, 4.69) is 9.72 Å². The molecule has 0 atom stereocenters. The Morgan fingerprint density at radius 1 is 1.13 bits per heavy atom. The number of anilines is 2. The van der Waals surface area contributed by atoms with Gasteiger partial charge in [0.25, 0.3) is 0 Å². The number of ether oxygens (including phenoxy) is 1. The van der Waals surface area contributed by atoms with Crippen molar-refractivity contribution >= 4 is 17.4 Å². The molecule has 0 saturated heterocycles. The smallest absolute Gasteiger partial charge is 0.406 e. The van der Waals surface area contributed by atoms with E-state index in [1.807, 2.05) is 18.7 Å². The van der Waals surface area contributed by atoms with Crippen molar-refractivity contribution in [1.82, 2.24) is 9.97 Å². The van der Waals surface area contributed by atoms with E-state index in [1.165, 1.54) is 12.1 Å². The van der Waals surface area contributed by atoms with Gasteiger partial charge in [-0.05, 0) is 56.2 Å². The Morgan fingerprint density at radius 3 is 2.45 bits per heavy atom. The van der Waals surface area contributed by atoms with Crippen LogP contribution in [0, 0.1) is 5.92 Å². The molecule has 1 aromatic heterocycles. The van der Waals surface area contributed by atoms with E-state index >= 15 is 0 Å². The first-order chi connectivity index (χ1) is 14.8. The molecular weight excluding hydrogens is 409 g/mol. The molecule has 1 fully saturated rings. The molecule has 0 radical (unpaired) electrons. The van der Waals surface area contributed by atoms with Crippen LogP contribution in [0.1, 0.15) is 44.0 Å². The summed E-state index contributed by atoms with van der Waals surface area (Å²) in [4.78, 5) is 25.3. The molecule has 1 aromatic carbocycles. The summed E-state index contributed by atoms with van der Waals surface area (Å²) in [7, 11) is 0. The average Bonchev–Trinajstić information content (AvgIpc) is 2.69. The Kier molecular flexibility index (Phi) is 5.77. The van der Waals surface area contributed by atoms with Gasteiger partial charge in [0.2, 0.25) is 5.91 Å². The van der Waals surface area contributed by atoms with Gasteiger partial charge in [-0.25, -0.2) is 9.97 Å². The number of carbonyl (C=O) groups is 1. The van der Waals surface area contributed by atoms with Crippen LogP contribution in [-0.2, 0) is 11.2 Å². The number of likely N-dealkylation sites (N-methyl/N-ethyl adjacent to an activating group) is 2. The Bertz CT molecular complexity index is 943. The van der Waals surface area contributed by atoms with Crippen molar-refractivity contribution in [2.45, 2.75) is 45.4 Å². The molecule has 2 aliphatic rings. The molecule has 0 N–H and O–H groups in total. The van der Waals surface area contributed by atoms with Crippen molar-refractivity contribution in [2.24, 2.45) is 5.92 Å². The maximum absolute atomic E-state index is 12.3. The summed E-state index contributed by atoms with van der Waals surface area (Å²) >= 11 is 0. The molecule has 1 saturated carbocycles. The summed E-state index contributed by atoms with van der Waals surface area (Å²) in [5.41, 5.74) is 1.78. The molecule has 166 valence electrons. The number of carbonyl (C=O) groups excluding carboxylic acids is 1. The van der Waals surface area contributed by atoms with Gasteiger partial charge in [-0.15, -0.1) is 13.2 Å². The second kappa shape index (κ2) is 8.36. The molecule has 0 bridgehead atoms. The second-order valence-electron chi connectivity index (χ2n) is 8.00. The van der Waals surface area contributed by atoms with Gasteiger partial charge < -0.3 is 14.5 Å². The molecule has 6 nitrogen and oxygen atoms in total. The maximum atomic E-state index is 12.3. The van der Waals surface area contributed by atoms with Crippen LogP contribution in [0.2, 0.25) is 0 Å². The molecule has 1 aliphatic carbocycles. The third kappa shape index (κ3) is 4.60. The predicted molar refractivity (Wildman–Crippen MR) is 110 cm³/mol. The lowest BCUT2D eigenvalue weighted by Crippen LogP contribution is -2.46. The number of hydrogen-bond donors (Lipinski definition) is 0. The molecule has 9 heteroatoms. The highest BCUT2D eigenvalue weighted by molar-refractivity contribution is 6.02. The van der Waals surface area contributed by atoms with Gasteiger partial charge in [-0.1, -0.05) is 12.1 Å². The van der Waals surface area contributed by atoms with Gasteiger partial charge in [0, 0.05) is 19.5 Å². The van der Waals surface area contributed by atoms with Gasteiger partial charge >= 0.3 is 6.36 Å². The summed E-state index contributed by atoms with van der Waals surface area (Å²) in [6.45, 7) is 5.55. The number of benzene rings is 1. The van der Waals surface area contributed by atoms with Crippen LogP contribution in [0.5, 0.6) is 5.75 Å². The molecule has 31 heavy (non-hydrogen) atoms. The molecule has 1 aliphatic heterocycles. The first-order valence-corrected chi connectivity index (χ1v) is 10.5. The van der Waals surface area contributed by atoms with Crippen molar-refractivity contribution in [3.8, 4) is 5.75 Å². The second-order valence-corrected chi connectivity index (χ2v) is 8.00. The fourth-order valence-electron chi connectivity index (χ4n) is 4.36. The molecule has 2 heterocycles. The number of amides is 1. The fourth-order valence-corrected chi connectivity index (χ4v) is 4.36. The van der Waals surface area contributed by atoms with E-state index in [-0.39, 0.29) is 11.7 Å². The maximum Gasteiger partial charge on any atom is 0.573 e. The topological polar surface area (TPSA) is 58.6 Å². The van der Waals surface area contributed by atoms with Crippen LogP contribution in [0.25, 0.3) is 0 Å². The molecule has 4 rings (SSSR count). The van der Waals surface area contributed by atoms with Crippen molar-refractivity contribution in [2.75, 3.05) is 29.4 Å². The highest BCUT2D eigenvalue weighted by atomic mass is 19.4. The minimum atomic E-state index is -4.67.